The summed E-state index contributed by atoms with van der Waals surface area (Å²) in [5.74, 6) is 0. The Morgan fingerprint density at radius 2 is 1.00 bits per heavy atom. The Morgan fingerprint density at radius 3 is 1.26 bits per heavy atom. The van der Waals surface area contributed by atoms with E-state index in [4.69, 9.17) is 0 Å². The first-order valence-electron chi connectivity index (χ1n) is 8.03. The van der Waals surface area contributed by atoms with Crippen LogP contribution in [0.1, 0.15) is 51.9 Å². The predicted molar refractivity (Wildman–Crippen MR) is 101 cm³/mol. The van der Waals surface area contributed by atoms with Gasteiger partial charge in [0.15, 0.2) is 0 Å². The molecule has 2 aromatic rings. The largest absolute Gasteiger partial charge is 0.293 e. The van der Waals surface area contributed by atoms with Gasteiger partial charge in [-0.3, -0.25) is 9.98 Å². The highest BCUT2D eigenvalue weighted by Crippen LogP contribution is 2.36. The van der Waals surface area contributed by atoms with E-state index in [0.29, 0.717) is 0 Å². The molecule has 0 N–H and O–H groups in total. The summed E-state index contributed by atoms with van der Waals surface area (Å²) in [6.45, 7) is 16.2. The zero-order valence-corrected chi connectivity index (χ0v) is 14.6. The molecular formula is C21H26N2. The molecule has 0 radical (unpaired) electrons. The van der Waals surface area contributed by atoms with Crippen molar-refractivity contribution in [3.05, 3.63) is 69.8 Å². The Labute approximate surface area is 140 Å². The lowest BCUT2D eigenvalue weighted by Gasteiger charge is -2.23. The van der Waals surface area contributed by atoms with Gasteiger partial charge in [-0.1, -0.05) is 36.4 Å². The Balaban J connectivity index is 2.40. The van der Waals surface area contributed by atoms with Gasteiger partial charge >= 0.3 is 0 Å². The minimum atomic E-state index is 0.0331. The molecular weight excluding hydrogens is 280 g/mol. The first-order valence-corrected chi connectivity index (χ1v) is 8.03. The molecule has 23 heavy (non-hydrogen) atoms. The maximum Gasteiger partial charge on any atom is 0.0770 e. The van der Waals surface area contributed by atoms with Crippen molar-refractivity contribution in [2.45, 2.75) is 46.2 Å². The zero-order chi connectivity index (χ0) is 17.0. The van der Waals surface area contributed by atoms with Crippen LogP contribution < -0.4 is 0 Å². The van der Waals surface area contributed by atoms with Gasteiger partial charge in [0.1, 0.15) is 0 Å². The number of rotatable bonds is 6. The first kappa shape index (κ1) is 17.1. The average Bonchev–Trinajstić information content (AvgIpc) is 2.51. The number of hydrogen-bond acceptors (Lipinski definition) is 2. The van der Waals surface area contributed by atoms with Crippen LogP contribution in [-0.2, 0) is 0 Å². The monoisotopic (exact) mass is 306 g/mol. The molecule has 2 rings (SSSR count). The molecule has 120 valence electrons. The third-order valence-electron chi connectivity index (χ3n) is 4.64. The highest BCUT2D eigenvalue weighted by Gasteiger charge is 2.22. The average molecular weight is 306 g/mol. The zero-order valence-electron chi connectivity index (χ0n) is 14.6. The number of benzene rings is 2. The van der Waals surface area contributed by atoms with Crippen molar-refractivity contribution in [3.8, 4) is 0 Å². The highest BCUT2D eigenvalue weighted by atomic mass is 14.8. The lowest BCUT2D eigenvalue weighted by Crippen LogP contribution is -2.08. The summed E-state index contributed by atoms with van der Waals surface area (Å²) < 4.78 is 0. The van der Waals surface area contributed by atoms with Gasteiger partial charge in [-0.2, -0.15) is 0 Å². The SMILES string of the molecule is C=NC(CC(N=C)c1c(C)cccc1C)c1c(C)cccc1C. The van der Waals surface area contributed by atoms with E-state index in [2.05, 4.69) is 87.5 Å². The fraction of sp³-hybridized carbons (Fsp3) is 0.333. The molecule has 2 aromatic carbocycles. The number of aliphatic imine (C=N–C) groups is 2. The lowest BCUT2D eigenvalue weighted by molar-refractivity contribution is 0.558. The molecule has 2 unspecified atom stereocenters. The molecule has 0 spiro atoms. The van der Waals surface area contributed by atoms with Gasteiger partial charge in [0.05, 0.1) is 12.1 Å². The summed E-state index contributed by atoms with van der Waals surface area (Å²) in [6.07, 6.45) is 0.796. The first-order chi connectivity index (χ1) is 11.0. The van der Waals surface area contributed by atoms with Crippen molar-refractivity contribution in [2.75, 3.05) is 0 Å². The van der Waals surface area contributed by atoms with Crippen molar-refractivity contribution in [3.63, 3.8) is 0 Å². The number of hydrogen-bond donors (Lipinski definition) is 0. The second-order valence-electron chi connectivity index (χ2n) is 6.24. The van der Waals surface area contributed by atoms with Crippen LogP contribution in [0.2, 0.25) is 0 Å². The fourth-order valence-electron chi connectivity index (χ4n) is 3.48. The van der Waals surface area contributed by atoms with Gasteiger partial charge in [-0.15, -0.1) is 0 Å². The third-order valence-corrected chi connectivity index (χ3v) is 4.64. The van der Waals surface area contributed by atoms with Crippen molar-refractivity contribution < 1.29 is 0 Å². The molecule has 0 fully saturated rings. The van der Waals surface area contributed by atoms with Crippen molar-refractivity contribution >= 4 is 13.4 Å². The molecule has 0 aliphatic carbocycles. The maximum atomic E-state index is 4.41. The van der Waals surface area contributed by atoms with Crippen LogP contribution in [0.25, 0.3) is 0 Å². The molecule has 0 heterocycles. The van der Waals surface area contributed by atoms with Gasteiger partial charge in [0.25, 0.3) is 0 Å². The molecule has 0 bridgehead atoms. The molecule has 2 nitrogen and oxygen atoms in total. The van der Waals surface area contributed by atoms with Gasteiger partial charge in [0.2, 0.25) is 0 Å². The maximum absolute atomic E-state index is 4.41. The molecule has 0 saturated carbocycles. The van der Waals surface area contributed by atoms with Gasteiger partial charge in [-0.25, -0.2) is 0 Å². The van der Waals surface area contributed by atoms with E-state index in [1.807, 2.05) is 0 Å². The summed E-state index contributed by atoms with van der Waals surface area (Å²) in [5.41, 5.74) is 7.56. The molecule has 0 amide bonds. The van der Waals surface area contributed by atoms with Crippen LogP contribution in [0.3, 0.4) is 0 Å². The van der Waals surface area contributed by atoms with Crippen LogP contribution in [0, 0.1) is 27.7 Å². The Hall–Kier alpha value is -2.22. The summed E-state index contributed by atoms with van der Waals surface area (Å²) in [4.78, 5) is 8.83. The molecule has 2 atom stereocenters. The Morgan fingerprint density at radius 1 is 0.696 bits per heavy atom. The van der Waals surface area contributed by atoms with Crippen LogP contribution >= 0.6 is 0 Å². The number of aryl methyl sites for hydroxylation is 4. The summed E-state index contributed by atoms with van der Waals surface area (Å²) in [6, 6.07) is 12.8. The minimum Gasteiger partial charge on any atom is -0.293 e. The van der Waals surface area contributed by atoms with Crippen LogP contribution in [0.5, 0.6) is 0 Å². The highest BCUT2D eigenvalue weighted by molar-refractivity contribution is 5.42. The van der Waals surface area contributed by atoms with Crippen LogP contribution in [0.15, 0.2) is 46.4 Å². The minimum absolute atomic E-state index is 0.0331. The summed E-state index contributed by atoms with van der Waals surface area (Å²) >= 11 is 0. The standard InChI is InChI=1S/C21H26N2/c1-14-9-7-10-15(2)20(14)18(22-5)13-19(23-6)21-16(3)11-8-12-17(21)4/h7-12,18-19H,5-6,13H2,1-4H3. The van der Waals surface area contributed by atoms with Crippen molar-refractivity contribution in [1.29, 1.82) is 0 Å². The van der Waals surface area contributed by atoms with Crippen molar-refractivity contribution in [1.82, 2.24) is 0 Å². The molecule has 0 aliphatic rings. The Kier molecular flexibility index (Phi) is 5.49. The third kappa shape index (κ3) is 3.58. The topological polar surface area (TPSA) is 24.7 Å². The predicted octanol–water partition coefficient (Wildman–Crippen LogP) is 5.49. The summed E-state index contributed by atoms with van der Waals surface area (Å²) in [7, 11) is 0. The normalized spacial score (nSPS) is 13.4. The summed E-state index contributed by atoms with van der Waals surface area (Å²) in [5, 5.41) is 0. The molecule has 0 saturated heterocycles. The van der Waals surface area contributed by atoms with Gasteiger partial charge < -0.3 is 0 Å². The van der Waals surface area contributed by atoms with Crippen LogP contribution in [0.4, 0.5) is 0 Å². The Bertz CT molecular complexity index is 614. The lowest BCUT2D eigenvalue weighted by atomic mass is 9.87. The van der Waals surface area contributed by atoms with E-state index in [9.17, 15) is 0 Å². The van der Waals surface area contributed by atoms with Gasteiger partial charge in [0, 0.05) is 6.42 Å². The van der Waals surface area contributed by atoms with E-state index < -0.39 is 0 Å². The quantitative estimate of drug-likeness (QED) is 0.630. The molecule has 2 heteroatoms. The molecule has 0 aromatic heterocycles. The van der Waals surface area contributed by atoms with E-state index in [1.165, 1.54) is 33.4 Å². The van der Waals surface area contributed by atoms with Gasteiger partial charge in [-0.05, 0) is 74.5 Å². The van der Waals surface area contributed by atoms with E-state index in [1.54, 1.807) is 0 Å². The fourth-order valence-corrected chi connectivity index (χ4v) is 3.48. The van der Waals surface area contributed by atoms with E-state index in [0.717, 1.165) is 6.42 Å². The van der Waals surface area contributed by atoms with Crippen molar-refractivity contribution in [2.24, 2.45) is 9.98 Å². The number of nitrogens with zero attached hydrogens (tertiary/aromatic N) is 2. The second kappa shape index (κ2) is 7.36. The van der Waals surface area contributed by atoms with Crippen LogP contribution in [-0.4, -0.2) is 13.4 Å². The molecule has 0 aliphatic heterocycles. The smallest absolute Gasteiger partial charge is 0.0770 e. The second-order valence-corrected chi connectivity index (χ2v) is 6.24. The van der Waals surface area contributed by atoms with E-state index >= 15 is 0 Å². The van der Waals surface area contributed by atoms with E-state index in [-0.39, 0.29) is 12.1 Å².